The molecular formula is C12H13ClN2O. The quantitative estimate of drug-likeness (QED) is 0.828. The molecule has 16 heavy (non-hydrogen) atoms. The van der Waals surface area contributed by atoms with Gasteiger partial charge in [0.25, 0.3) is 0 Å². The van der Waals surface area contributed by atoms with E-state index in [4.69, 9.17) is 21.8 Å². The lowest BCUT2D eigenvalue weighted by atomic mass is 10.1. The number of nitrogens with zero attached hydrogens (tertiary/aromatic N) is 1. The van der Waals surface area contributed by atoms with E-state index < -0.39 is 0 Å². The summed E-state index contributed by atoms with van der Waals surface area (Å²) in [6.45, 7) is 0. The van der Waals surface area contributed by atoms with E-state index in [0.29, 0.717) is 16.5 Å². The van der Waals surface area contributed by atoms with Crippen LogP contribution in [0.15, 0.2) is 22.6 Å². The Balaban J connectivity index is 2.02. The van der Waals surface area contributed by atoms with Gasteiger partial charge in [0.05, 0.1) is 5.02 Å². The number of fused-ring (bicyclic) bond motifs is 1. The molecule has 4 heteroatoms. The van der Waals surface area contributed by atoms with Crippen LogP contribution in [-0.4, -0.2) is 11.0 Å². The van der Waals surface area contributed by atoms with Crippen molar-refractivity contribution in [1.82, 2.24) is 4.98 Å². The molecule has 1 saturated carbocycles. The monoisotopic (exact) mass is 236 g/mol. The van der Waals surface area contributed by atoms with Gasteiger partial charge in [-0.15, -0.1) is 0 Å². The van der Waals surface area contributed by atoms with E-state index in [0.717, 1.165) is 30.7 Å². The lowest BCUT2D eigenvalue weighted by molar-refractivity contribution is 0.471. The smallest absolute Gasteiger partial charge is 0.198 e. The number of hydrogen-bond donors (Lipinski definition) is 1. The number of aromatic nitrogens is 1. The summed E-state index contributed by atoms with van der Waals surface area (Å²) < 4.78 is 5.73. The van der Waals surface area contributed by atoms with Gasteiger partial charge >= 0.3 is 0 Å². The maximum absolute atomic E-state index is 6.05. The predicted molar refractivity (Wildman–Crippen MR) is 63.6 cm³/mol. The van der Waals surface area contributed by atoms with Crippen LogP contribution in [0.1, 0.15) is 31.1 Å². The molecule has 0 radical (unpaired) electrons. The number of rotatable bonds is 1. The zero-order valence-corrected chi connectivity index (χ0v) is 9.57. The number of nitrogens with two attached hydrogens (primary N) is 1. The molecule has 1 aliphatic carbocycles. The molecule has 84 valence electrons. The van der Waals surface area contributed by atoms with Crippen molar-refractivity contribution in [2.75, 3.05) is 0 Å². The number of oxazole rings is 1. The fourth-order valence-electron chi connectivity index (χ4n) is 2.35. The lowest BCUT2D eigenvalue weighted by Crippen LogP contribution is -2.14. The molecule has 2 N–H and O–H groups in total. The van der Waals surface area contributed by atoms with Gasteiger partial charge in [-0.1, -0.05) is 17.7 Å². The van der Waals surface area contributed by atoms with Gasteiger partial charge in [0.1, 0.15) is 5.52 Å². The maximum atomic E-state index is 6.05. The minimum atomic E-state index is 0.287. The number of halogens is 1. The molecular weight excluding hydrogens is 224 g/mol. The molecule has 0 bridgehead atoms. The van der Waals surface area contributed by atoms with Crippen LogP contribution in [0.2, 0.25) is 5.02 Å². The lowest BCUT2D eigenvalue weighted by Gasteiger charge is -2.02. The van der Waals surface area contributed by atoms with Crippen molar-refractivity contribution in [3.63, 3.8) is 0 Å². The van der Waals surface area contributed by atoms with Crippen molar-refractivity contribution in [1.29, 1.82) is 0 Å². The third-order valence-electron chi connectivity index (χ3n) is 3.21. The molecule has 1 aromatic heterocycles. The second-order valence-corrected chi connectivity index (χ2v) is 4.82. The van der Waals surface area contributed by atoms with Crippen LogP contribution in [0.4, 0.5) is 0 Å². The van der Waals surface area contributed by atoms with Gasteiger partial charge in [-0.25, -0.2) is 4.98 Å². The van der Waals surface area contributed by atoms with Crippen LogP contribution < -0.4 is 5.73 Å². The van der Waals surface area contributed by atoms with Gasteiger partial charge in [0.2, 0.25) is 0 Å². The van der Waals surface area contributed by atoms with Crippen LogP contribution in [0, 0.1) is 0 Å². The topological polar surface area (TPSA) is 52.0 Å². The van der Waals surface area contributed by atoms with Crippen molar-refractivity contribution in [3.8, 4) is 0 Å². The average molecular weight is 237 g/mol. The highest BCUT2D eigenvalue weighted by Gasteiger charge is 2.27. The van der Waals surface area contributed by atoms with Gasteiger partial charge in [0, 0.05) is 12.0 Å². The first kappa shape index (κ1) is 10.1. The summed E-state index contributed by atoms with van der Waals surface area (Å²) in [5.41, 5.74) is 7.42. The Morgan fingerprint density at radius 3 is 2.94 bits per heavy atom. The van der Waals surface area contributed by atoms with Gasteiger partial charge in [0.15, 0.2) is 11.5 Å². The van der Waals surface area contributed by atoms with Crippen molar-refractivity contribution >= 4 is 22.7 Å². The zero-order valence-electron chi connectivity index (χ0n) is 8.82. The van der Waals surface area contributed by atoms with Crippen LogP contribution in [0.5, 0.6) is 0 Å². The van der Waals surface area contributed by atoms with Crippen molar-refractivity contribution in [2.45, 2.75) is 31.2 Å². The van der Waals surface area contributed by atoms with Crippen LogP contribution in [0.25, 0.3) is 11.1 Å². The highest BCUT2D eigenvalue weighted by atomic mass is 35.5. The first-order valence-corrected chi connectivity index (χ1v) is 5.92. The maximum Gasteiger partial charge on any atom is 0.198 e. The molecule has 1 heterocycles. The van der Waals surface area contributed by atoms with E-state index in [1.807, 2.05) is 18.2 Å². The van der Waals surface area contributed by atoms with Crippen molar-refractivity contribution in [3.05, 3.63) is 29.1 Å². The minimum absolute atomic E-state index is 0.287. The normalized spacial score (nSPS) is 25.4. The molecule has 1 aromatic carbocycles. The third kappa shape index (κ3) is 1.60. The SMILES string of the molecule is N[C@H]1CC[C@@H](c2nc3cccc(Cl)c3o2)C1. The minimum Gasteiger partial charge on any atom is -0.439 e. The summed E-state index contributed by atoms with van der Waals surface area (Å²) >= 11 is 6.05. The Bertz CT molecular complexity index is 523. The van der Waals surface area contributed by atoms with E-state index in [2.05, 4.69) is 4.98 Å². The average Bonchev–Trinajstić information content (AvgIpc) is 2.84. The first-order chi connectivity index (χ1) is 7.74. The number of para-hydroxylation sites is 1. The molecule has 3 nitrogen and oxygen atoms in total. The second-order valence-electron chi connectivity index (χ2n) is 4.41. The van der Waals surface area contributed by atoms with E-state index in [1.54, 1.807) is 0 Å². The van der Waals surface area contributed by atoms with Gasteiger partial charge in [-0.2, -0.15) is 0 Å². The molecule has 0 aliphatic heterocycles. The Kier molecular flexibility index (Phi) is 2.37. The van der Waals surface area contributed by atoms with E-state index >= 15 is 0 Å². The highest BCUT2D eigenvalue weighted by molar-refractivity contribution is 6.34. The summed E-state index contributed by atoms with van der Waals surface area (Å²) in [4.78, 5) is 4.48. The molecule has 0 spiro atoms. The standard InChI is InChI=1S/C12H13ClN2O/c13-9-2-1-3-10-11(9)16-12(15-10)7-4-5-8(14)6-7/h1-3,7-8H,4-6,14H2/t7-,8+/m1/s1. The van der Waals surface area contributed by atoms with Crippen molar-refractivity contribution < 1.29 is 4.42 Å². The Labute approximate surface area is 98.6 Å². The number of benzene rings is 1. The highest BCUT2D eigenvalue weighted by Crippen LogP contribution is 2.35. The molecule has 1 fully saturated rings. The molecule has 0 saturated heterocycles. The fourth-order valence-corrected chi connectivity index (χ4v) is 2.56. The second kappa shape index (κ2) is 3.75. The molecule has 0 unspecified atom stereocenters. The largest absolute Gasteiger partial charge is 0.439 e. The predicted octanol–water partition coefficient (Wildman–Crippen LogP) is 3.08. The molecule has 0 amide bonds. The van der Waals surface area contributed by atoms with E-state index in [-0.39, 0.29) is 6.04 Å². The van der Waals surface area contributed by atoms with Crippen LogP contribution in [0.3, 0.4) is 0 Å². The van der Waals surface area contributed by atoms with E-state index in [9.17, 15) is 0 Å². The van der Waals surface area contributed by atoms with Crippen LogP contribution >= 0.6 is 11.6 Å². The van der Waals surface area contributed by atoms with Gasteiger partial charge in [-0.05, 0) is 31.4 Å². The summed E-state index contributed by atoms with van der Waals surface area (Å²) in [5.74, 6) is 1.15. The van der Waals surface area contributed by atoms with Gasteiger partial charge < -0.3 is 10.2 Å². The summed E-state index contributed by atoms with van der Waals surface area (Å²) in [7, 11) is 0. The summed E-state index contributed by atoms with van der Waals surface area (Å²) in [6, 6.07) is 5.91. The summed E-state index contributed by atoms with van der Waals surface area (Å²) in [5, 5.41) is 0.624. The third-order valence-corrected chi connectivity index (χ3v) is 3.50. The first-order valence-electron chi connectivity index (χ1n) is 5.54. The Morgan fingerprint density at radius 1 is 1.38 bits per heavy atom. The van der Waals surface area contributed by atoms with Crippen LogP contribution in [-0.2, 0) is 0 Å². The molecule has 1 aliphatic rings. The van der Waals surface area contributed by atoms with Crippen molar-refractivity contribution in [2.24, 2.45) is 5.73 Å². The zero-order chi connectivity index (χ0) is 11.1. The Hall–Kier alpha value is -1.06. The Morgan fingerprint density at radius 2 is 2.25 bits per heavy atom. The van der Waals surface area contributed by atoms with E-state index in [1.165, 1.54) is 0 Å². The molecule has 3 rings (SSSR count). The summed E-state index contributed by atoms with van der Waals surface area (Å²) in [6.07, 6.45) is 3.08. The number of hydrogen-bond acceptors (Lipinski definition) is 3. The molecule has 2 atom stereocenters. The fraction of sp³-hybridized carbons (Fsp3) is 0.417. The van der Waals surface area contributed by atoms with Gasteiger partial charge in [-0.3, -0.25) is 0 Å². The molecule has 2 aromatic rings.